The highest BCUT2D eigenvalue weighted by molar-refractivity contribution is 8.04. The van der Waals surface area contributed by atoms with E-state index in [1.54, 1.807) is 24.3 Å². The molecule has 0 aromatic heterocycles. The van der Waals surface area contributed by atoms with Gasteiger partial charge in [-0.1, -0.05) is 53.7 Å². The number of hydrogen-bond donors (Lipinski definition) is 0. The number of carbonyl (C=O) groups is 2. The fraction of sp³-hybridized carbons (Fsp3) is 0.273. The van der Waals surface area contributed by atoms with Gasteiger partial charge < -0.3 is 4.74 Å². The van der Waals surface area contributed by atoms with E-state index in [4.69, 9.17) is 16.3 Å². The third-order valence-corrected chi connectivity index (χ3v) is 5.54. The monoisotopic (exact) mass is 415 g/mol. The Balaban J connectivity index is 1.88. The molecule has 4 nitrogen and oxygen atoms in total. The van der Waals surface area contributed by atoms with Crippen LogP contribution in [0.2, 0.25) is 5.02 Å². The minimum absolute atomic E-state index is 0.122. The van der Waals surface area contributed by atoms with Gasteiger partial charge in [0.25, 0.3) is 11.8 Å². The highest BCUT2D eigenvalue weighted by Crippen LogP contribution is 2.39. The average Bonchev–Trinajstić information content (AvgIpc) is 2.90. The van der Waals surface area contributed by atoms with E-state index in [2.05, 4.69) is 0 Å². The molecule has 0 bridgehead atoms. The number of thioether (sulfide) groups is 1. The lowest BCUT2D eigenvalue weighted by molar-refractivity contribution is -0.136. The number of rotatable bonds is 8. The predicted molar refractivity (Wildman–Crippen MR) is 113 cm³/mol. The molecule has 0 aliphatic carbocycles. The highest BCUT2D eigenvalue weighted by Gasteiger charge is 2.39. The standard InChI is InChI=1S/C22H22ClNO3S/c1-15(2)27-14-6-13-24-21(25)19(16-9-11-17(23)12-10-16)20(22(24)26)28-18-7-4-3-5-8-18/h3-5,7-12,15H,6,13-14H2,1-2H3. The van der Waals surface area contributed by atoms with Crippen LogP contribution in [0, 0.1) is 0 Å². The summed E-state index contributed by atoms with van der Waals surface area (Å²) in [4.78, 5) is 28.8. The molecular formula is C22H22ClNO3S. The van der Waals surface area contributed by atoms with Crippen molar-refractivity contribution in [1.82, 2.24) is 4.90 Å². The fourth-order valence-electron chi connectivity index (χ4n) is 2.87. The number of ether oxygens (including phenoxy) is 1. The number of imide groups is 1. The van der Waals surface area contributed by atoms with Crippen LogP contribution in [-0.4, -0.2) is 36.0 Å². The smallest absolute Gasteiger partial charge is 0.268 e. The van der Waals surface area contributed by atoms with Gasteiger partial charge >= 0.3 is 0 Å². The first-order valence-corrected chi connectivity index (χ1v) is 10.4. The molecule has 0 atom stereocenters. The van der Waals surface area contributed by atoms with Crippen LogP contribution in [0.15, 0.2) is 64.4 Å². The van der Waals surface area contributed by atoms with Gasteiger partial charge in [0.2, 0.25) is 0 Å². The van der Waals surface area contributed by atoms with Crippen molar-refractivity contribution in [2.75, 3.05) is 13.2 Å². The summed E-state index contributed by atoms with van der Waals surface area (Å²) in [7, 11) is 0. The second kappa shape index (κ2) is 9.41. The molecule has 0 fully saturated rings. The molecule has 28 heavy (non-hydrogen) atoms. The van der Waals surface area contributed by atoms with E-state index in [1.807, 2.05) is 44.2 Å². The average molecular weight is 416 g/mol. The Morgan fingerprint density at radius 2 is 1.68 bits per heavy atom. The molecule has 6 heteroatoms. The Labute approximate surface area is 174 Å². The van der Waals surface area contributed by atoms with E-state index in [9.17, 15) is 9.59 Å². The van der Waals surface area contributed by atoms with Gasteiger partial charge in [0.05, 0.1) is 16.6 Å². The van der Waals surface area contributed by atoms with Gasteiger partial charge in [-0.2, -0.15) is 0 Å². The SMILES string of the molecule is CC(C)OCCCN1C(=O)C(Sc2ccccc2)=C(c2ccc(Cl)cc2)C1=O. The predicted octanol–water partition coefficient (Wildman–Crippen LogP) is 5.03. The van der Waals surface area contributed by atoms with Crippen LogP contribution in [0.4, 0.5) is 0 Å². The molecule has 3 rings (SSSR count). The lowest BCUT2D eigenvalue weighted by Gasteiger charge is -2.15. The van der Waals surface area contributed by atoms with Crippen molar-refractivity contribution >= 4 is 40.8 Å². The number of amides is 2. The van der Waals surface area contributed by atoms with Gasteiger partial charge in [-0.25, -0.2) is 0 Å². The van der Waals surface area contributed by atoms with Gasteiger partial charge in [-0.3, -0.25) is 14.5 Å². The molecule has 0 radical (unpaired) electrons. The third kappa shape index (κ3) is 4.85. The summed E-state index contributed by atoms with van der Waals surface area (Å²) in [6.45, 7) is 4.76. The van der Waals surface area contributed by atoms with Crippen LogP contribution in [0.1, 0.15) is 25.8 Å². The van der Waals surface area contributed by atoms with Crippen molar-refractivity contribution < 1.29 is 14.3 Å². The second-order valence-electron chi connectivity index (χ2n) is 6.66. The van der Waals surface area contributed by atoms with Crippen LogP contribution in [0.3, 0.4) is 0 Å². The van der Waals surface area contributed by atoms with Crippen LogP contribution in [-0.2, 0) is 14.3 Å². The highest BCUT2D eigenvalue weighted by atomic mass is 35.5. The molecule has 2 aromatic rings. The van der Waals surface area contributed by atoms with E-state index in [0.717, 1.165) is 4.90 Å². The summed E-state index contributed by atoms with van der Waals surface area (Å²) in [5.74, 6) is -0.524. The first-order chi connectivity index (χ1) is 13.5. The maximum absolute atomic E-state index is 13.1. The van der Waals surface area contributed by atoms with Gasteiger partial charge in [0, 0.05) is 23.1 Å². The Morgan fingerprint density at radius 1 is 1.00 bits per heavy atom. The van der Waals surface area contributed by atoms with Crippen molar-refractivity contribution in [3.05, 3.63) is 70.1 Å². The minimum Gasteiger partial charge on any atom is -0.379 e. The van der Waals surface area contributed by atoms with Crippen molar-refractivity contribution in [3.63, 3.8) is 0 Å². The summed E-state index contributed by atoms with van der Waals surface area (Å²) >= 11 is 7.31. The van der Waals surface area contributed by atoms with Crippen molar-refractivity contribution in [2.45, 2.75) is 31.3 Å². The van der Waals surface area contributed by atoms with E-state index < -0.39 is 0 Å². The molecule has 0 spiro atoms. The zero-order valence-electron chi connectivity index (χ0n) is 15.9. The van der Waals surface area contributed by atoms with Crippen LogP contribution < -0.4 is 0 Å². The molecule has 2 aromatic carbocycles. The van der Waals surface area contributed by atoms with E-state index >= 15 is 0 Å². The zero-order valence-corrected chi connectivity index (χ0v) is 17.4. The van der Waals surface area contributed by atoms with Crippen molar-refractivity contribution in [2.24, 2.45) is 0 Å². The molecule has 0 saturated carbocycles. The number of benzene rings is 2. The Hall–Kier alpha value is -2.08. The topological polar surface area (TPSA) is 46.6 Å². The van der Waals surface area contributed by atoms with Crippen LogP contribution in [0.5, 0.6) is 0 Å². The minimum atomic E-state index is -0.268. The van der Waals surface area contributed by atoms with Gasteiger partial charge in [-0.05, 0) is 50.1 Å². The summed E-state index contributed by atoms with van der Waals surface area (Å²) < 4.78 is 5.54. The number of nitrogens with zero attached hydrogens (tertiary/aromatic N) is 1. The third-order valence-electron chi connectivity index (χ3n) is 4.20. The number of hydrogen-bond acceptors (Lipinski definition) is 4. The molecule has 1 aliphatic heterocycles. The molecule has 1 heterocycles. The normalized spacial score (nSPS) is 14.5. The Bertz CT molecular complexity index is 878. The summed E-state index contributed by atoms with van der Waals surface area (Å²) in [6, 6.07) is 16.6. The van der Waals surface area contributed by atoms with Crippen LogP contribution >= 0.6 is 23.4 Å². The van der Waals surface area contributed by atoms with Gasteiger partial charge in [0.15, 0.2) is 0 Å². The summed E-state index contributed by atoms with van der Waals surface area (Å²) in [5, 5.41) is 0.584. The first kappa shape index (κ1) is 20.6. The summed E-state index contributed by atoms with van der Waals surface area (Å²) in [6.07, 6.45) is 0.726. The van der Waals surface area contributed by atoms with Gasteiger partial charge in [0.1, 0.15) is 0 Å². The van der Waals surface area contributed by atoms with Crippen molar-refractivity contribution in [3.8, 4) is 0 Å². The molecule has 0 unspecified atom stereocenters. The zero-order chi connectivity index (χ0) is 20.1. The lowest BCUT2D eigenvalue weighted by atomic mass is 10.1. The molecule has 2 amide bonds. The van der Waals surface area contributed by atoms with Gasteiger partial charge in [-0.15, -0.1) is 0 Å². The summed E-state index contributed by atoms with van der Waals surface area (Å²) in [5.41, 5.74) is 1.13. The maximum Gasteiger partial charge on any atom is 0.268 e. The lowest BCUT2D eigenvalue weighted by Crippen LogP contribution is -2.33. The number of carbonyl (C=O) groups excluding carboxylic acids is 2. The van der Waals surface area contributed by atoms with Crippen LogP contribution in [0.25, 0.3) is 5.57 Å². The van der Waals surface area contributed by atoms with E-state index in [-0.39, 0.29) is 17.9 Å². The molecule has 0 saturated heterocycles. The fourth-order valence-corrected chi connectivity index (χ4v) is 4.03. The molecule has 146 valence electrons. The van der Waals surface area contributed by atoms with Crippen molar-refractivity contribution in [1.29, 1.82) is 0 Å². The quantitative estimate of drug-likeness (QED) is 0.448. The number of halogens is 1. The molecular weight excluding hydrogens is 394 g/mol. The second-order valence-corrected chi connectivity index (χ2v) is 8.18. The maximum atomic E-state index is 13.1. The largest absolute Gasteiger partial charge is 0.379 e. The molecule has 0 N–H and O–H groups in total. The molecule has 1 aliphatic rings. The van der Waals surface area contributed by atoms with E-state index in [0.29, 0.717) is 40.6 Å². The van der Waals surface area contributed by atoms with E-state index in [1.165, 1.54) is 16.7 Å². The first-order valence-electron chi connectivity index (χ1n) is 9.18. The Kier molecular flexibility index (Phi) is 6.94. The Morgan fingerprint density at radius 3 is 2.32 bits per heavy atom.